The molecule has 1 N–H and O–H groups in total. The molecule has 0 bridgehead atoms. The van der Waals surface area contributed by atoms with E-state index in [1.54, 1.807) is 24.5 Å². The molecule has 1 aromatic carbocycles. The zero-order valence-corrected chi connectivity index (χ0v) is 11.3. The van der Waals surface area contributed by atoms with E-state index in [2.05, 4.69) is 17.2 Å². The average Bonchev–Trinajstić information content (AvgIpc) is 2.48. The van der Waals surface area contributed by atoms with Gasteiger partial charge in [0.1, 0.15) is 0 Å². The molecule has 0 saturated carbocycles. The van der Waals surface area contributed by atoms with Crippen LogP contribution in [-0.2, 0) is 0 Å². The molecule has 5 nitrogen and oxygen atoms in total. The fraction of sp³-hybridized carbons (Fsp3) is 0.267. The Morgan fingerprint density at radius 1 is 1.35 bits per heavy atom. The van der Waals surface area contributed by atoms with E-state index in [-0.39, 0.29) is 16.7 Å². The topological polar surface area (TPSA) is 68.1 Å². The summed E-state index contributed by atoms with van der Waals surface area (Å²) in [7, 11) is 0. The van der Waals surface area contributed by atoms with E-state index < -0.39 is 0 Å². The number of nitro groups is 1. The number of anilines is 1. The van der Waals surface area contributed by atoms with Crippen molar-refractivity contribution in [2.24, 2.45) is 0 Å². The molecule has 0 radical (unpaired) electrons. The summed E-state index contributed by atoms with van der Waals surface area (Å²) in [6.07, 6.45) is 5.35. The number of aromatic nitrogens is 1. The van der Waals surface area contributed by atoms with Gasteiger partial charge >= 0.3 is 0 Å². The molecule has 104 valence electrons. The quantitative estimate of drug-likeness (QED) is 0.638. The zero-order chi connectivity index (χ0) is 14.4. The fourth-order valence-corrected chi connectivity index (χ4v) is 2.12. The minimum Gasteiger partial charge on any atom is -0.377 e. The number of nitro benzene ring substituents is 1. The molecule has 0 aliphatic carbocycles. The Kier molecular flexibility index (Phi) is 4.65. The third-order valence-corrected chi connectivity index (χ3v) is 3.06. The first-order valence-corrected chi connectivity index (χ1v) is 6.61. The molecule has 5 heteroatoms. The number of rotatable bonds is 6. The van der Waals surface area contributed by atoms with Crippen LogP contribution in [0.4, 0.5) is 11.4 Å². The predicted molar refractivity (Wildman–Crippen MR) is 78.6 cm³/mol. The van der Waals surface area contributed by atoms with Crippen molar-refractivity contribution in [2.75, 3.05) is 5.32 Å². The Morgan fingerprint density at radius 2 is 2.20 bits per heavy atom. The van der Waals surface area contributed by atoms with Crippen molar-refractivity contribution in [3.8, 4) is 0 Å². The van der Waals surface area contributed by atoms with Gasteiger partial charge in [-0.3, -0.25) is 15.1 Å². The van der Waals surface area contributed by atoms with Gasteiger partial charge in [0.05, 0.1) is 16.7 Å². The van der Waals surface area contributed by atoms with Gasteiger partial charge in [-0.2, -0.15) is 0 Å². The Balaban J connectivity index is 2.24. The summed E-state index contributed by atoms with van der Waals surface area (Å²) in [6.45, 7) is 2.09. The molecule has 0 aliphatic heterocycles. The van der Waals surface area contributed by atoms with E-state index in [1.165, 1.54) is 6.07 Å². The highest BCUT2D eigenvalue weighted by molar-refractivity contribution is 5.45. The molecule has 2 rings (SSSR count). The first-order chi connectivity index (χ1) is 9.70. The average molecular weight is 271 g/mol. The van der Waals surface area contributed by atoms with Crippen LogP contribution in [0, 0.1) is 10.1 Å². The van der Waals surface area contributed by atoms with Crippen molar-refractivity contribution in [3.63, 3.8) is 0 Å². The van der Waals surface area contributed by atoms with E-state index in [4.69, 9.17) is 0 Å². The van der Waals surface area contributed by atoms with Gasteiger partial charge in [-0.1, -0.05) is 25.5 Å². The third kappa shape index (κ3) is 3.54. The van der Waals surface area contributed by atoms with Crippen LogP contribution in [0.15, 0.2) is 48.8 Å². The summed E-state index contributed by atoms with van der Waals surface area (Å²) in [5, 5.41) is 14.2. The van der Waals surface area contributed by atoms with Crippen molar-refractivity contribution >= 4 is 11.4 Å². The van der Waals surface area contributed by atoms with Gasteiger partial charge in [0.15, 0.2) is 0 Å². The van der Waals surface area contributed by atoms with E-state index >= 15 is 0 Å². The molecule has 0 saturated heterocycles. The van der Waals surface area contributed by atoms with E-state index in [9.17, 15) is 10.1 Å². The summed E-state index contributed by atoms with van der Waals surface area (Å²) in [6, 6.07) is 10.6. The lowest BCUT2D eigenvalue weighted by Crippen LogP contribution is -2.11. The summed E-state index contributed by atoms with van der Waals surface area (Å²) < 4.78 is 0. The van der Waals surface area contributed by atoms with Gasteiger partial charge in [-0.25, -0.2) is 0 Å². The van der Waals surface area contributed by atoms with E-state index in [0.717, 1.165) is 24.1 Å². The fourth-order valence-electron chi connectivity index (χ4n) is 2.12. The second kappa shape index (κ2) is 6.65. The largest absolute Gasteiger partial charge is 0.377 e. The van der Waals surface area contributed by atoms with Crippen molar-refractivity contribution in [1.82, 2.24) is 4.98 Å². The highest BCUT2D eigenvalue weighted by Gasteiger charge is 2.14. The Hall–Kier alpha value is -2.43. The highest BCUT2D eigenvalue weighted by Crippen LogP contribution is 2.26. The van der Waals surface area contributed by atoms with Gasteiger partial charge in [0, 0.05) is 24.5 Å². The lowest BCUT2D eigenvalue weighted by atomic mass is 10.0. The standard InChI is InChI=1S/C15H17N3O2/c1-2-5-15(17-13-7-4-9-16-11-13)12-6-3-8-14(10-12)18(19)20/h3-4,6-11,15,17H,2,5H2,1H3. The van der Waals surface area contributed by atoms with Gasteiger partial charge in [0.25, 0.3) is 5.69 Å². The number of hydrogen-bond acceptors (Lipinski definition) is 4. The number of nitrogens with zero attached hydrogens (tertiary/aromatic N) is 2. The summed E-state index contributed by atoms with van der Waals surface area (Å²) in [5.74, 6) is 0. The Bertz CT molecular complexity index is 572. The molecule has 1 unspecified atom stereocenters. The van der Waals surface area contributed by atoms with Gasteiger partial charge < -0.3 is 5.32 Å². The second-order valence-corrected chi connectivity index (χ2v) is 4.58. The maximum atomic E-state index is 10.9. The predicted octanol–water partition coefficient (Wildman–Crippen LogP) is 3.94. The van der Waals surface area contributed by atoms with Crippen molar-refractivity contribution in [3.05, 3.63) is 64.5 Å². The van der Waals surface area contributed by atoms with Gasteiger partial charge in [0.2, 0.25) is 0 Å². The molecular formula is C15H17N3O2. The molecule has 0 fully saturated rings. The number of non-ortho nitro benzene ring substituents is 1. The zero-order valence-electron chi connectivity index (χ0n) is 11.3. The summed E-state index contributed by atoms with van der Waals surface area (Å²) >= 11 is 0. The van der Waals surface area contributed by atoms with E-state index in [0.29, 0.717) is 0 Å². The lowest BCUT2D eigenvalue weighted by Gasteiger charge is -2.19. The highest BCUT2D eigenvalue weighted by atomic mass is 16.6. The molecule has 1 atom stereocenters. The number of benzene rings is 1. The maximum Gasteiger partial charge on any atom is 0.269 e. The van der Waals surface area contributed by atoms with Crippen LogP contribution in [-0.4, -0.2) is 9.91 Å². The van der Waals surface area contributed by atoms with Crippen molar-refractivity contribution < 1.29 is 4.92 Å². The van der Waals surface area contributed by atoms with Crippen LogP contribution in [0.25, 0.3) is 0 Å². The van der Waals surface area contributed by atoms with Crippen LogP contribution in [0.3, 0.4) is 0 Å². The number of hydrogen-bond donors (Lipinski definition) is 1. The first-order valence-electron chi connectivity index (χ1n) is 6.61. The maximum absolute atomic E-state index is 10.9. The van der Waals surface area contributed by atoms with Crippen LogP contribution in [0.2, 0.25) is 0 Å². The Labute approximate surface area is 117 Å². The van der Waals surface area contributed by atoms with Crippen LogP contribution in [0.1, 0.15) is 31.4 Å². The van der Waals surface area contributed by atoms with Crippen LogP contribution in [0.5, 0.6) is 0 Å². The van der Waals surface area contributed by atoms with Gasteiger partial charge in [-0.15, -0.1) is 0 Å². The first kappa shape index (κ1) is 14.0. The third-order valence-electron chi connectivity index (χ3n) is 3.06. The van der Waals surface area contributed by atoms with E-state index in [1.807, 2.05) is 18.2 Å². The number of nitrogens with one attached hydrogen (secondary N) is 1. The van der Waals surface area contributed by atoms with Crippen LogP contribution < -0.4 is 5.32 Å². The van der Waals surface area contributed by atoms with Crippen LogP contribution >= 0.6 is 0 Å². The smallest absolute Gasteiger partial charge is 0.269 e. The summed E-state index contributed by atoms with van der Waals surface area (Å²) in [5.41, 5.74) is 1.96. The van der Waals surface area contributed by atoms with Crippen molar-refractivity contribution in [2.45, 2.75) is 25.8 Å². The lowest BCUT2D eigenvalue weighted by molar-refractivity contribution is -0.384. The molecule has 1 aromatic heterocycles. The SMILES string of the molecule is CCCC(Nc1cccnc1)c1cccc([N+](=O)[O-])c1. The number of pyridine rings is 1. The normalized spacial score (nSPS) is 11.8. The van der Waals surface area contributed by atoms with Gasteiger partial charge in [-0.05, 0) is 24.1 Å². The van der Waals surface area contributed by atoms with Crippen molar-refractivity contribution in [1.29, 1.82) is 0 Å². The second-order valence-electron chi connectivity index (χ2n) is 4.58. The summed E-state index contributed by atoms with van der Waals surface area (Å²) in [4.78, 5) is 14.6. The minimum absolute atomic E-state index is 0.0455. The molecule has 0 spiro atoms. The molecule has 1 heterocycles. The Morgan fingerprint density at radius 3 is 2.85 bits per heavy atom. The molecular weight excluding hydrogens is 254 g/mol. The minimum atomic E-state index is -0.365. The molecule has 2 aromatic rings. The monoisotopic (exact) mass is 271 g/mol. The molecule has 20 heavy (non-hydrogen) atoms. The molecule has 0 amide bonds. The molecule has 0 aliphatic rings.